The summed E-state index contributed by atoms with van der Waals surface area (Å²) < 4.78 is 5.43. The van der Waals surface area contributed by atoms with Gasteiger partial charge in [-0.05, 0) is 50.5 Å². The summed E-state index contributed by atoms with van der Waals surface area (Å²) in [5.41, 5.74) is 6.98. The highest BCUT2D eigenvalue weighted by atomic mass is 32.2. The van der Waals surface area contributed by atoms with Crippen molar-refractivity contribution in [1.82, 2.24) is 15.8 Å². The van der Waals surface area contributed by atoms with E-state index in [1.807, 2.05) is 32.9 Å². The minimum atomic E-state index is -0.555. The lowest BCUT2D eigenvalue weighted by molar-refractivity contribution is -0.139. The SMILES string of the molecule is Cc1ccc(OCC(=O)NNC(=O)[C@H]2CS[C@]3(C)CCC(=O)N23)cc1C. The van der Waals surface area contributed by atoms with Crippen molar-refractivity contribution in [3.8, 4) is 5.75 Å². The molecule has 0 aromatic heterocycles. The third-order valence-electron chi connectivity index (χ3n) is 4.92. The Morgan fingerprint density at radius 1 is 1.31 bits per heavy atom. The van der Waals surface area contributed by atoms with Crippen LogP contribution in [0, 0.1) is 13.8 Å². The number of thioether (sulfide) groups is 1. The third-order valence-corrected chi connectivity index (χ3v) is 6.43. The van der Waals surface area contributed by atoms with E-state index < -0.39 is 11.9 Å². The number of ether oxygens (including phenoxy) is 1. The van der Waals surface area contributed by atoms with Crippen molar-refractivity contribution < 1.29 is 19.1 Å². The van der Waals surface area contributed by atoms with Crippen LogP contribution in [-0.4, -0.2) is 45.9 Å². The van der Waals surface area contributed by atoms with E-state index in [-0.39, 0.29) is 23.3 Å². The Labute approximate surface area is 156 Å². The average molecular weight is 377 g/mol. The number of carbonyl (C=O) groups excluding carboxylic acids is 3. The smallest absolute Gasteiger partial charge is 0.276 e. The van der Waals surface area contributed by atoms with E-state index in [2.05, 4.69) is 10.9 Å². The number of aryl methyl sites for hydroxylation is 2. The second-order valence-electron chi connectivity index (χ2n) is 6.84. The zero-order chi connectivity index (χ0) is 18.9. The van der Waals surface area contributed by atoms with Gasteiger partial charge in [-0.3, -0.25) is 25.2 Å². The van der Waals surface area contributed by atoms with Crippen LogP contribution in [0.15, 0.2) is 18.2 Å². The van der Waals surface area contributed by atoms with Gasteiger partial charge in [-0.2, -0.15) is 0 Å². The van der Waals surface area contributed by atoms with Gasteiger partial charge < -0.3 is 9.64 Å². The number of rotatable bonds is 4. The molecule has 8 heteroatoms. The topological polar surface area (TPSA) is 87.7 Å². The second-order valence-corrected chi connectivity index (χ2v) is 8.34. The molecule has 2 atom stereocenters. The summed E-state index contributed by atoms with van der Waals surface area (Å²) in [5, 5.41) is 0. The molecule has 2 N–H and O–H groups in total. The molecule has 3 rings (SSSR count). The summed E-state index contributed by atoms with van der Waals surface area (Å²) in [6, 6.07) is 5.02. The van der Waals surface area contributed by atoms with E-state index in [0.717, 1.165) is 17.5 Å². The zero-order valence-electron chi connectivity index (χ0n) is 15.1. The van der Waals surface area contributed by atoms with Crippen LogP contribution in [0.4, 0.5) is 0 Å². The van der Waals surface area contributed by atoms with Crippen LogP contribution in [-0.2, 0) is 14.4 Å². The van der Waals surface area contributed by atoms with Crippen LogP contribution in [0.5, 0.6) is 5.75 Å². The first-order valence-corrected chi connectivity index (χ1v) is 9.53. The van der Waals surface area contributed by atoms with Crippen LogP contribution >= 0.6 is 11.8 Å². The minimum absolute atomic E-state index is 0.0120. The number of nitrogens with zero attached hydrogens (tertiary/aromatic N) is 1. The fourth-order valence-corrected chi connectivity index (χ4v) is 4.65. The van der Waals surface area contributed by atoms with Crippen LogP contribution in [0.25, 0.3) is 0 Å². The molecule has 0 bridgehead atoms. The molecule has 2 aliphatic rings. The zero-order valence-corrected chi connectivity index (χ0v) is 15.9. The number of hydrogen-bond donors (Lipinski definition) is 2. The van der Waals surface area contributed by atoms with Gasteiger partial charge in [0.2, 0.25) is 5.91 Å². The van der Waals surface area contributed by atoms with Gasteiger partial charge in [0, 0.05) is 12.2 Å². The van der Waals surface area contributed by atoms with Crippen LogP contribution < -0.4 is 15.6 Å². The number of hydrazine groups is 1. The van der Waals surface area contributed by atoms with Gasteiger partial charge in [-0.25, -0.2) is 0 Å². The number of hydrogen-bond acceptors (Lipinski definition) is 5. The standard InChI is InChI=1S/C18H23N3O4S/c1-11-4-5-13(8-12(11)2)25-9-15(22)19-20-17(24)14-10-26-18(3)7-6-16(23)21(14)18/h4-5,8,14H,6-7,9-10H2,1-3H3,(H,19,22)(H,20,24)/t14-,18-/m1/s1. The third kappa shape index (κ3) is 3.65. The monoisotopic (exact) mass is 377 g/mol. The molecule has 0 aliphatic carbocycles. The number of nitrogens with one attached hydrogen (secondary N) is 2. The van der Waals surface area contributed by atoms with Crippen molar-refractivity contribution in [3.05, 3.63) is 29.3 Å². The maximum atomic E-state index is 12.4. The number of fused-ring (bicyclic) bond motifs is 1. The van der Waals surface area contributed by atoms with Gasteiger partial charge in [0.15, 0.2) is 6.61 Å². The molecular weight excluding hydrogens is 354 g/mol. The highest BCUT2D eigenvalue weighted by Gasteiger charge is 2.52. The van der Waals surface area contributed by atoms with E-state index in [1.165, 1.54) is 0 Å². The Balaban J connectivity index is 1.48. The van der Waals surface area contributed by atoms with E-state index >= 15 is 0 Å². The number of carbonyl (C=O) groups is 3. The lowest BCUT2D eigenvalue weighted by atomic mass is 10.1. The summed E-state index contributed by atoms with van der Waals surface area (Å²) in [4.78, 5) is 37.7. The van der Waals surface area contributed by atoms with E-state index in [0.29, 0.717) is 17.9 Å². The van der Waals surface area contributed by atoms with E-state index in [4.69, 9.17) is 4.74 Å². The molecule has 2 saturated heterocycles. The highest BCUT2D eigenvalue weighted by Crippen LogP contribution is 2.47. The summed E-state index contributed by atoms with van der Waals surface area (Å²) in [7, 11) is 0. The van der Waals surface area contributed by atoms with Crippen molar-refractivity contribution in [2.45, 2.75) is 44.5 Å². The molecule has 0 radical (unpaired) electrons. The molecule has 3 amide bonds. The average Bonchev–Trinajstić information content (AvgIpc) is 3.10. The lowest BCUT2D eigenvalue weighted by Crippen LogP contribution is -2.54. The van der Waals surface area contributed by atoms with Crippen molar-refractivity contribution >= 4 is 29.5 Å². The Morgan fingerprint density at radius 3 is 2.81 bits per heavy atom. The molecule has 0 saturated carbocycles. The highest BCUT2D eigenvalue weighted by molar-refractivity contribution is 8.01. The van der Waals surface area contributed by atoms with E-state index in [1.54, 1.807) is 22.7 Å². The maximum absolute atomic E-state index is 12.4. The van der Waals surface area contributed by atoms with Crippen molar-refractivity contribution in [1.29, 1.82) is 0 Å². The van der Waals surface area contributed by atoms with Gasteiger partial charge in [0.1, 0.15) is 11.8 Å². The molecule has 2 aliphatic heterocycles. The summed E-state index contributed by atoms with van der Waals surface area (Å²) in [5.74, 6) is 0.277. The van der Waals surface area contributed by atoms with Gasteiger partial charge in [-0.15, -0.1) is 11.8 Å². The van der Waals surface area contributed by atoms with Gasteiger partial charge in [0.25, 0.3) is 11.8 Å². The quantitative estimate of drug-likeness (QED) is 0.772. The summed E-state index contributed by atoms with van der Waals surface area (Å²) in [6.07, 6.45) is 1.21. The first-order chi connectivity index (χ1) is 12.3. The minimum Gasteiger partial charge on any atom is -0.484 e. The molecule has 2 fully saturated rings. The first-order valence-electron chi connectivity index (χ1n) is 8.55. The molecule has 0 unspecified atom stereocenters. The predicted octanol–water partition coefficient (Wildman–Crippen LogP) is 1.28. The second kappa shape index (κ2) is 7.19. The molecule has 7 nitrogen and oxygen atoms in total. The molecule has 2 heterocycles. The predicted molar refractivity (Wildman–Crippen MR) is 98.4 cm³/mol. The Hall–Kier alpha value is -2.22. The van der Waals surface area contributed by atoms with Crippen LogP contribution in [0.1, 0.15) is 30.9 Å². The summed E-state index contributed by atoms with van der Waals surface area (Å²) >= 11 is 1.61. The van der Waals surface area contributed by atoms with Crippen LogP contribution in [0.2, 0.25) is 0 Å². The van der Waals surface area contributed by atoms with Crippen molar-refractivity contribution in [2.24, 2.45) is 0 Å². The number of amides is 3. The molecule has 1 aromatic rings. The summed E-state index contributed by atoms with van der Waals surface area (Å²) in [6.45, 7) is 5.74. The van der Waals surface area contributed by atoms with Crippen molar-refractivity contribution in [3.63, 3.8) is 0 Å². The first kappa shape index (κ1) is 18.6. The maximum Gasteiger partial charge on any atom is 0.276 e. The molecule has 1 aromatic carbocycles. The number of benzene rings is 1. The lowest BCUT2D eigenvalue weighted by Gasteiger charge is -2.29. The molecule has 140 valence electrons. The Kier molecular flexibility index (Phi) is 5.13. The van der Waals surface area contributed by atoms with Gasteiger partial charge in [0.05, 0.1) is 4.87 Å². The Morgan fingerprint density at radius 2 is 2.08 bits per heavy atom. The van der Waals surface area contributed by atoms with E-state index in [9.17, 15) is 14.4 Å². The van der Waals surface area contributed by atoms with Gasteiger partial charge >= 0.3 is 0 Å². The fourth-order valence-electron chi connectivity index (χ4n) is 3.22. The normalized spacial score (nSPS) is 24.3. The Bertz CT molecular complexity index is 754. The van der Waals surface area contributed by atoms with Gasteiger partial charge in [-0.1, -0.05) is 6.07 Å². The molecular formula is C18H23N3O4S. The fraction of sp³-hybridized carbons (Fsp3) is 0.500. The van der Waals surface area contributed by atoms with Crippen LogP contribution in [0.3, 0.4) is 0 Å². The molecule has 0 spiro atoms. The molecule has 26 heavy (non-hydrogen) atoms. The van der Waals surface area contributed by atoms with Crippen molar-refractivity contribution in [2.75, 3.05) is 12.4 Å². The largest absolute Gasteiger partial charge is 0.484 e.